The van der Waals surface area contributed by atoms with Crippen LogP contribution in [0.3, 0.4) is 0 Å². The summed E-state index contributed by atoms with van der Waals surface area (Å²) < 4.78 is 16.7. The molecule has 0 unspecified atom stereocenters. The molecule has 2 heterocycles. The van der Waals surface area contributed by atoms with Crippen molar-refractivity contribution in [3.05, 3.63) is 46.5 Å². The molecule has 0 amide bonds. The van der Waals surface area contributed by atoms with Gasteiger partial charge in [-0.1, -0.05) is 108 Å². The minimum Gasteiger partial charge on any atom is -0.407 e. The fourth-order valence-electron chi connectivity index (χ4n) is 5.34. The third kappa shape index (κ3) is 6.05. The summed E-state index contributed by atoms with van der Waals surface area (Å²) in [7, 11) is -1.28. The molecule has 0 saturated carbocycles. The Balaban J connectivity index is 2.30. The van der Waals surface area contributed by atoms with Gasteiger partial charge in [0.1, 0.15) is 11.2 Å². The van der Waals surface area contributed by atoms with E-state index >= 15 is 0 Å². The molecule has 38 heavy (non-hydrogen) atoms. The van der Waals surface area contributed by atoms with Gasteiger partial charge in [0.2, 0.25) is 0 Å². The van der Waals surface area contributed by atoms with E-state index < -0.39 is 8.16 Å². The molecule has 4 heteroatoms. The lowest BCUT2D eigenvalue weighted by molar-refractivity contribution is 0.552. The third-order valence-corrected chi connectivity index (χ3v) is 9.51. The highest BCUT2D eigenvalue weighted by atomic mass is 31.1. The van der Waals surface area contributed by atoms with Gasteiger partial charge in [-0.15, -0.1) is 0 Å². The van der Waals surface area contributed by atoms with Crippen molar-refractivity contribution in [2.75, 3.05) is 17.8 Å². The van der Waals surface area contributed by atoms with Gasteiger partial charge >= 0.3 is 8.16 Å². The second-order valence-corrected chi connectivity index (χ2v) is 17.0. The van der Waals surface area contributed by atoms with Crippen molar-refractivity contribution in [2.45, 2.75) is 130 Å². The van der Waals surface area contributed by atoms with E-state index in [0.717, 1.165) is 24.3 Å². The zero-order valence-corrected chi connectivity index (χ0v) is 27.2. The fraction of sp³-hybridized carbons (Fsp3) is 0.647. The fourth-order valence-corrected chi connectivity index (χ4v) is 6.93. The Morgan fingerprint density at radius 2 is 0.895 bits per heavy atom. The van der Waals surface area contributed by atoms with E-state index in [4.69, 9.17) is 8.39 Å². The van der Waals surface area contributed by atoms with E-state index in [0.29, 0.717) is 0 Å². The monoisotopic (exact) mass is 537 g/mol. The topological polar surface area (TPSA) is 29.5 Å². The highest BCUT2D eigenvalue weighted by Gasteiger charge is 2.29. The SMILES string of the molecule is CC(C)(C)c1cc(C(C)(C)C)c2op(N3CCCCCC3)oc3c(C(C)(C)C)cc(C(C)(C)C)cc3c2c1. The Labute approximate surface area is 233 Å². The Kier molecular flexibility index (Phi) is 7.74. The van der Waals surface area contributed by atoms with Gasteiger partial charge in [0.05, 0.1) is 0 Å². The number of hydrogen-bond donors (Lipinski definition) is 0. The van der Waals surface area contributed by atoms with E-state index in [1.54, 1.807) is 0 Å². The molecule has 0 bridgehead atoms. The van der Waals surface area contributed by atoms with Gasteiger partial charge in [-0.25, -0.2) is 4.67 Å². The number of rotatable bonds is 1. The zero-order valence-electron chi connectivity index (χ0n) is 26.3. The summed E-state index contributed by atoms with van der Waals surface area (Å²) in [5, 5.41) is 2.38. The Hall–Kier alpha value is -1.70. The quantitative estimate of drug-likeness (QED) is 0.309. The summed E-state index contributed by atoms with van der Waals surface area (Å²) in [4.78, 5) is 0. The minimum atomic E-state index is -1.28. The summed E-state index contributed by atoms with van der Waals surface area (Å²) in [5.41, 5.74) is 7.18. The molecule has 1 aliphatic heterocycles. The van der Waals surface area contributed by atoms with Crippen LogP contribution in [0.2, 0.25) is 0 Å². The van der Waals surface area contributed by atoms with Crippen LogP contribution < -0.4 is 4.67 Å². The first kappa shape index (κ1) is 29.3. The maximum absolute atomic E-state index is 7.12. The van der Waals surface area contributed by atoms with E-state index in [2.05, 4.69) is 112 Å². The number of benzene rings is 2. The molecule has 0 spiro atoms. The first-order chi connectivity index (χ1) is 17.4. The van der Waals surface area contributed by atoms with Crippen molar-refractivity contribution in [1.29, 1.82) is 0 Å². The summed E-state index contributed by atoms with van der Waals surface area (Å²) in [6, 6.07) is 9.59. The normalized spacial score (nSPS) is 16.7. The molecule has 1 saturated heterocycles. The van der Waals surface area contributed by atoms with Gasteiger partial charge in [0, 0.05) is 35.0 Å². The van der Waals surface area contributed by atoms with Crippen LogP contribution in [-0.2, 0) is 21.7 Å². The predicted octanol–water partition coefficient (Wildman–Crippen LogP) is 11.0. The average molecular weight is 538 g/mol. The molecule has 1 aliphatic rings. The molecular formula is C34H52NO2P. The second-order valence-electron chi connectivity index (χ2n) is 15.6. The number of nitrogens with zero attached hydrogens (tertiary/aromatic N) is 1. The molecule has 0 aliphatic carbocycles. The largest absolute Gasteiger partial charge is 0.407 e. The van der Waals surface area contributed by atoms with Crippen LogP contribution in [-0.4, -0.2) is 13.1 Å². The number of hydrogen-bond acceptors (Lipinski definition) is 3. The Morgan fingerprint density at radius 1 is 0.526 bits per heavy atom. The third-order valence-electron chi connectivity index (χ3n) is 7.97. The van der Waals surface area contributed by atoms with Gasteiger partial charge in [-0.2, -0.15) is 0 Å². The van der Waals surface area contributed by atoms with Gasteiger partial charge in [-0.05, 0) is 57.8 Å². The van der Waals surface area contributed by atoms with Gasteiger partial charge in [-0.3, -0.25) is 0 Å². The Bertz CT molecular complexity index is 1250. The first-order valence-electron chi connectivity index (χ1n) is 14.7. The van der Waals surface area contributed by atoms with Crippen LogP contribution in [0.1, 0.15) is 131 Å². The zero-order chi connectivity index (χ0) is 28.3. The highest BCUT2D eigenvalue weighted by molar-refractivity contribution is 7.39. The van der Waals surface area contributed by atoms with Crippen molar-refractivity contribution in [3.8, 4) is 0 Å². The second kappa shape index (κ2) is 10.0. The summed E-state index contributed by atoms with van der Waals surface area (Å²) >= 11 is 0. The van der Waals surface area contributed by atoms with Crippen LogP contribution in [0.25, 0.3) is 21.9 Å². The summed E-state index contributed by atoms with van der Waals surface area (Å²) in [6.45, 7) is 29.8. The van der Waals surface area contributed by atoms with Crippen molar-refractivity contribution >= 4 is 30.1 Å². The maximum atomic E-state index is 7.12. The molecule has 3 nitrogen and oxygen atoms in total. The van der Waals surface area contributed by atoms with E-state index in [1.165, 1.54) is 58.7 Å². The maximum Gasteiger partial charge on any atom is 0.309 e. The van der Waals surface area contributed by atoms with Crippen molar-refractivity contribution in [1.82, 2.24) is 0 Å². The van der Waals surface area contributed by atoms with Crippen molar-refractivity contribution in [3.63, 3.8) is 0 Å². The summed E-state index contributed by atoms with van der Waals surface area (Å²) in [5.74, 6) is 0. The first-order valence-corrected chi connectivity index (χ1v) is 15.8. The lowest BCUT2D eigenvalue weighted by Crippen LogP contribution is -2.20. The standard InChI is InChI=1S/C34H52NO2P/c1-31(2,3)23-19-25-26-20-24(32(4,5)6)22-28(34(10,11)12)30(26)37-38(35-17-15-13-14-16-18-35)36-29(25)27(21-23)33(7,8)9/h19-22H,13-18H2,1-12H3. The van der Waals surface area contributed by atoms with Crippen molar-refractivity contribution < 1.29 is 8.39 Å². The van der Waals surface area contributed by atoms with Crippen LogP contribution >= 0.6 is 8.16 Å². The molecule has 0 N–H and O–H groups in total. The summed E-state index contributed by atoms with van der Waals surface area (Å²) in [6.07, 6.45) is 4.99. The molecule has 0 atom stereocenters. The van der Waals surface area contributed by atoms with Crippen LogP contribution in [0.15, 0.2) is 32.7 Å². The minimum absolute atomic E-state index is 0.0202. The van der Waals surface area contributed by atoms with Crippen LogP contribution in [0, 0.1) is 0 Å². The smallest absolute Gasteiger partial charge is 0.309 e. The lowest BCUT2D eigenvalue weighted by atomic mass is 9.77. The molecular weight excluding hydrogens is 485 g/mol. The predicted molar refractivity (Wildman–Crippen MR) is 168 cm³/mol. The molecule has 2 aromatic carbocycles. The highest BCUT2D eigenvalue weighted by Crippen LogP contribution is 2.46. The van der Waals surface area contributed by atoms with Crippen LogP contribution in [0.5, 0.6) is 0 Å². The van der Waals surface area contributed by atoms with Gasteiger partial charge in [0.15, 0.2) is 0 Å². The number of fused-ring (bicyclic) bond motifs is 3. The Morgan fingerprint density at radius 3 is 1.21 bits per heavy atom. The van der Waals surface area contributed by atoms with E-state index in [1.807, 2.05) is 0 Å². The van der Waals surface area contributed by atoms with Crippen molar-refractivity contribution in [2.24, 2.45) is 0 Å². The van der Waals surface area contributed by atoms with E-state index in [9.17, 15) is 0 Å². The molecule has 1 fully saturated rings. The molecule has 1 aromatic heterocycles. The lowest BCUT2D eigenvalue weighted by Gasteiger charge is -2.27. The van der Waals surface area contributed by atoms with Gasteiger partial charge in [0.25, 0.3) is 0 Å². The van der Waals surface area contributed by atoms with Gasteiger partial charge < -0.3 is 8.39 Å². The molecule has 4 rings (SSSR count). The molecule has 0 radical (unpaired) electrons. The van der Waals surface area contributed by atoms with E-state index in [-0.39, 0.29) is 21.7 Å². The average Bonchev–Trinajstić information content (AvgIpc) is 3.12. The van der Waals surface area contributed by atoms with Crippen LogP contribution in [0.4, 0.5) is 0 Å². The molecule has 3 aromatic rings. The molecule has 210 valence electrons.